The maximum Gasteiger partial charge on any atom is 0.242 e. The van der Waals surface area contributed by atoms with Crippen molar-refractivity contribution in [1.82, 2.24) is 4.31 Å². The zero-order valence-corrected chi connectivity index (χ0v) is 12.2. The van der Waals surface area contributed by atoms with E-state index in [0.29, 0.717) is 5.69 Å². The number of nitrogen functional groups attached to an aromatic ring is 1. The predicted octanol–water partition coefficient (Wildman–Crippen LogP) is 1.61. The molecular weight excluding hydrogens is 262 g/mol. The van der Waals surface area contributed by atoms with Crippen molar-refractivity contribution < 1.29 is 8.42 Å². The zero-order valence-electron chi connectivity index (χ0n) is 11.4. The second-order valence-electron chi connectivity index (χ2n) is 4.53. The van der Waals surface area contributed by atoms with Gasteiger partial charge >= 0.3 is 0 Å². The summed E-state index contributed by atoms with van der Waals surface area (Å²) in [6, 6.07) is 6.77. The molecule has 5 nitrogen and oxygen atoms in total. The van der Waals surface area contributed by atoms with Crippen molar-refractivity contribution in [3.63, 3.8) is 0 Å². The third-order valence-electron chi connectivity index (χ3n) is 2.96. The number of nitrogens with zero attached hydrogens (tertiary/aromatic N) is 2. The van der Waals surface area contributed by atoms with Gasteiger partial charge in [-0.25, -0.2) is 8.42 Å². The lowest BCUT2D eigenvalue weighted by atomic mass is 10.1. The molecular formula is C13H19N3O2S. The third kappa shape index (κ3) is 3.46. The van der Waals surface area contributed by atoms with E-state index in [1.165, 1.54) is 17.4 Å². The summed E-state index contributed by atoms with van der Waals surface area (Å²) < 4.78 is 25.8. The Bertz CT molecular complexity index is 590. The van der Waals surface area contributed by atoms with Crippen LogP contribution in [0.4, 0.5) is 5.69 Å². The van der Waals surface area contributed by atoms with Crippen molar-refractivity contribution in [2.24, 2.45) is 5.92 Å². The molecule has 2 N–H and O–H groups in total. The van der Waals surface area contributed by atoms with Crippen LogP contribution >= 0.6 is 0 Å². The molecule has 0 aliphatic rings. The van der Waals surface area contributed by atoms with Gasteiger partial charge in [-0.15, -0.1) is 0 Å². The number of benzene rings is 1. The molecule has 1 aromatic rings. The smallest absolute Gasteiger partial charge is 0.242 e. The van der Waals surface area contributed by atoms with E-state index < -0.39 is 10.0 Å². The van der Waals surface area contributed by atoms with Crippen molar-refractivity contribution >= 4 is 15.7 Å². The second-order valence-corrected chi connectivity index (χ2v) is 6.57. The SMILES string of the molecule is CCc1ccc(S(=O)(=O)N(C)CC(C)C#N)cc1N. The zero-order chi connectivity index (χ0) is 14.6. The molecule has 1 unspecified atom stereocenters. The van der Waals surface area contributed by atoms with Gasteiger partial charge in [-0.3, -0.25) is 0 Å². The molecule has 1 atom stereocenters. The highest BCUT2D eigenvalue weighted by Crippen LogP contribution is 2.21. The summed E-state index contributed by atoms with van der Waals surface area (Å²) in [6.07, 6.45) is 0.757. The van der Waals surface area contributed by atoms with E-state index in [9.17, 15) is 8.42 Å². The van der Waals surface area contributed by atoms with Gasteiger partial charge in [-0.2, -0.15) is 9.57 Å². The number of hydrogen-bond donors (Lipinski definition) is 1. The van der Waals surface area contributed by atoms with Gasteiger partial charge < -0.3 is 5.73 Å². The number of rotatable bonds is 5. The fourth-order valence-corrected chi connectivity index (χ4v) is 3.06. The van der Waals surface area contributed by atoms with Gasteiger partial charge in [-0.05, 0) is 31.0 Å². The molecule has 0 fully saturated rings. The number of sulfonamides is 1. The molecule has 0 saturated carbocycles. The van der Waals surface area contributed by atoms with Crippen LogP contribution < -0.4 is 5.73 Å². The van der Waals surface area contributed by atoms with Crippen LogP contribution in [0.2, 0.25) is 0 Å². The average Bonchev–Trinajstić information content (AvgIpc) is 2.38. The maximum absolute atomic E-state index is 12.3. The van der Waals surface area contributed by atoms with Crippen LogP contribution in [-0.2, 0) is 16.4 Å². The summed E-state index contributed by atoms with van der Waals surface area (Å²) >= 11 is 0. The van der Waals surface area contributed by atoms with Crippen molar-refractivity contribution in [2.45, 2.75) is 25.2 Å². The van der Waals surface area contributed by atoms with Gasteiger partial charge in [-0.1, -0.05) is 13.0 Å². The average molecular weight is 281 g/mol. The summed E-state index contributed by atoms with van der Waals surface area (Å²) in [6.45, 7) is 3.80. The number of nitrogens with two attached hydrogens (primary N) is 1. The fourth-order valence-electron chi connectivity index (χ4n) is 1.76. The lowest BCUT2D eigenvalue weighted by molar-refractivity contribution is 0.439. The molecule has 0 saturated heterocycles. The summed E-state index contributed by atoms with van der Waals surface area (Å²) in [5.41, 5.74) is 7.22. The fraction of sp³-hybridized carbons (Fsp3) is 0.462. The molecule has 1 aromatic carbocycles. The van der Waals surface area contributed by atoms with Crippen molar-refractivity contribution in [2.75, 3.05) is 19.3 Å². The topological polar surface area (TPSA) is 87.2 Å². The molecule has 104 valence electrons. The molecule has 1 rings (SSSR count). The van der Waals surface area contributed by atoms with E-state index in [1.54, 1.807) is 19.1 Å². The van der Waals surface area contributed by atoms with E-state index in [1.807, 2.05) is 13.0 Å². The maximum atomic E-state index is 12.3. The lowest BCUT2D eigenvalue weighted by Gasteiger charge is -2.18. The summed E-state index contributed by atoms with van der Waals surface area (Å²) in [5.74, 6) is -0.355. The van der Waals surface area contributed by atoms with Gasteiger partial charge in [0.25, 0.3) is 0 Å². The van der Waals surface area contributed by atoms with Crippen LogP contribution in [-0.4, -0.2) is 26.3 Å². The van der Waals surface area contributed by atoms with Gasteiger partial charge in [0.15, 0.2) is 0 Å². The molecule has 0 amide bonds. The lowest BCUT2D eigenvalue weighted by Crippen LogP contribution is -2.30. The van der Waals surface area contributed by atoms with E-state index in [-0.39, 0.29) is 17.4 Å². The minimum absolute atomic E-state index is 0.161. The normalized spacial score (nSPS) is 13.2. The monoisotopic (exact) mass is 281 g/mol. The number of hydrogen-bond acceptors (Lipinski definition) is 4. The summed E-state index contributed by atoms with van der Waals surface area (Å²) in [4.78, 5) is 0.162. The molecule has 19 heavy (non-hydrogen) atoms. The molecule has 0 aromatic heterocycles. The van der Waals surface area contributed by atoms with Gasteiger partial charge in [0, 0.05) is 19.3 Å². The quantitative estimate of drug-likeness (QED) is 0.831. The van der Waals surface area contributed by atoms with E-state index in [0.717, 1.165) is 12.0 Å². The predicted molar refractivity (Wildman–Crippen MR) is 74.8 cm³/mol. The Kier molecular flexibility index (Phi) is 4.92. The van der Waals surface area contributed by atoms with Crippen LogP contribution in [0.1, 0.15) is 19.4 Å². The van der Waals surface area contributed by atoms with Crippen molar-refractivity contribution in [3.8, 4) is 6.07 Å². The Balaban J connectivity index is 3.07. The summed E-state index contributed by atoms with van der Waals surface area (Å²) in [7, 11) is -2.12. The van der Waals surface area contributed by atoms with Crippen LogP contribution in [0.25, 0.3) is 0 Å². The number of nitriles is 1. The Hall–Kier alpha value is -1.58. The molecule has 6 heteroatoms. The highest BCUT2D eigenvalue weighted by Gasteiger charge is 2.22. The van der Waals surface area contributed by atoms with E-state index in [2.05, 4.69) is 0 Å². The van der Waals surface area contributed by atoms with Crippen molar-refractivity contribution in [3.05, 3.63) is 23.8 Å². The van der Waals surface area contributed by atoms with Crippen LogP contribution in [0, 0.1) is 17.2 Å². The van der Waals surface area contributed by atoms with Gasteiger partial charge in [0.1, 0.15) is 0 Å². The standard InChI is InChI=1S/C13H19N3O2S/c1-4-11-5-6-12(7-13(11)15)19(17,18)16(3)9-10(2)8-14/h5-7,10H,4,9,15H2,1-3H3. The first-order valence-corrected chi connectivity index (χ1v) is 7.51. The highest BCUT2D eigenvalue weighted by molar-refractivity contribution is 7.89. The highest BCUT2D eigenvalue weighted by atomic mass is 32.2. The van der Waals surface area contributed by atoms with Crippen LogP contribution in [0.15, 0.2) is 23.1 Å². The molecule has 0 radical (unpaired) electrons. The summed E-state index contributed by atoms with van der Waals surface area (Å²) in [5, 5.41) is 8.74. The Morgan fingerprint density at radius 3 is 2.58 bits per heavy atom. The molecule has 0 heterocycles. The first-order chi connectivity index (χ1) is 8.82. The van der Waals surface area contributed by atoms with Crippen LogP contribution in [0.5, 0.6) is 0 Å². The molecule has 0 aliphatic carbocycles. The largest absolute Gasteiger partial charge is 0.398 e. The Morgan fingerprint density at radius 1 is 1.47 bits per heavy atom. The Morgan fingerprint density at radius 2 is 2.11 bits per heavy atom. The number of aryl methyl sites for hydroxylation is 1. The minimum Gasteiger partial charge on any atom is -0.398 e. The number of anilines is 1. The Labute approximate surface area is 114 Å². The van der Waals surface area contributed by atoms with Crippen LogP contribution in [0.3, 0.4) is 0 Å². The first-order valence-electron chi connectivity index (χ1n) is 6.07. The van der Waals surface area contributed by atoms with Crippen molar-refractivity contribution in [1.29, 1.82) is 5.26 Å². The van der Waals surface area contributed by atoms with E-state index in [4.69, 9.17) is 11.0 Å². The van der Waals surface area contributed by atoms with Gasteiger partial charge in [0.2, 0.25) is 10.0 Å². The first kappa shape index (κ1) is 15.5. The molecule has 0 aliphatic heterocycles. The molecule has 0 spiro atoms. The minimum atomic E-state index is -3.59. The second kappa shape index (κ2) is 6.04. The van der Waals surface area contributed by atoms with Gasteiger partial charge in [0.05, 0.1) is 16.9 Å². The molecule has 0 bridgehead atoms. The van der Waals surface area contributed by atoms with E-state index >= 15 is 0 Å². The third-order valence-corrected chi connectivity index (χ3v) is 4.78.